The summed E-state index contributed by atoms with van der Waals surface area (Å²) in [4.78, 5) is 0. The third kappa shape index (κ3) is 3.78. The lowest BCUT2D eigenvalue weighted by Crippen LogP contribution is -2.55. The molecule has 1 atom stereocenters. The number of halogens is 1. The fraction of sp³-hybridized carbons (Fsp3) is 0.625. The molecule has 0 saturated heterocycles. The van der Waals surface area contributed by atoms with Crippen LogP contribution in [0.5, 0.6) is 0 Å². The van der Waals surface area contributed by atoms with E-state index >= 15 is 0 Å². The quantitative estimate of drug-likeness (QED) is 0.569. The lowest BCUT2D eigenvalue weighted by molar-refractivity contribution is -0.0720. The first kappa shape index (κ1) is 17.1. The van der Waals surface area contributed by atoms with Crippen molar-refractivity contribution in [3.05, 3.63) is 35.1 Å². The van der Waals surface area contributed by atoms with Crippen LogP contribution in [0.25, 0.3) is 0 Å². The highest BCUT2D eigenvalue weighted by atomic mass is 19.1. The average molecular weight is 282 g/mol. The third-order valence-corrected chi connectivity index (χ3v) is 4.20. The van der Waals surface area contributed by atoms with Crippen molar-refractivity contribution in [1.29, 1.82) is 0 Å². The summed E-state index contributed by atoms with van der Waals surface area (Å²) < 4.78 is 19.4. The molecule has 0 aliphatic carbocycles. The molecule has 1 aromatic rings. The predicted octanol–water partition coefficient (Wildman–Crippen LogP) is 3.10. The van der Waals surface area contributed by atoms with E-state index in [9.17, 15) is 4.39 Å². The lowest BCUT2D eigenvalue weighted by Gasteiger charge is -2.39. The van der Waals surface area contributed by atoms with Gasteiger partial charge in [-0.1, -0.05) is 19.9 Å². The first-order valence-corrected chi connectivity index (χ1v) is 7.38. The Morgan fingerprint density at radius 2 is 1.95 bits per heavy atom. The van der Waals surface area contributed by atoms with E-state index in [4.69, 9.17) is 10.6 Å². The maximum absolute atomic E-state index is 13.4. The normalized spacial score (nSPS) is 13.5. The molecule has 0 fully saturated rings. The van der Waals surface area contributed by atoms with Gasteiger partial charge < -0.3 is 4.74 Å². The van der Waals surface area contributed by atoms with Gasteiger partial charge in [0.2, 0.25) is 0 Å². The number of ether oxygens (including phenoxy) is 1. The monoisotopic (exact) mass is 282 g/mol. The van der Waals surface area contributed by atoms with Crippen molar-refractivity contribution in [3.63, 3.8) is 0 Å². The molecule has 0 heterocycles. The van der Waals surface area contributed by atoms with Crippen LogP contribution in [0.4, 0.5) is 4.39 Å². The van der Waals surface area contributed by atoms with Crippen molar-refractivity contribution in [2.45, 2.75) is 58.6 Å². The van der Waals surface area contributed by atoms with Crippen molar-refractivity contribution in [3.8, 4) is 0 Å². The molecule has 0 aromatic heterocycles. The van der Waals surface area contributed by atoms with E-state index in [1.165, 1.54) is 6.07 Å². The Labute approximate surface area is 121 Å². The summed E-state index contributed by atoms with van der Waals surface area (Å²) in [6.07, 6.45) is 2.38. The third-order valence-electron chi connectivity index (χ3n) is 4.20. The van der Waals surface area contributed by atoms with Gasteiger partial charge in [0.05, 0.1) is 11.6 Å². The van der Waals surface area contributed by atoms with Crippen LogP contribution >= 0.6 is 0 Å². The van der Waals surface area contributed by atoms with Gasteiger partial charge in [-0.2, -0.15) is 0 Å². The van der Waals surface area contributed by atoms with E-state index in [0.29, 0.717) is 13.0 Å². The average Bonchev–Trinajstić information content (AvgIpc) is 2.46. The molecule has 0 aliphatic rings. The van der Waals surface area contributed by atoms with Crippen molar-refractivity contribution in [2.24, 2.45) is 5.84 Å². The molecule has 0 radical (unpaired) electrons. The second-order valence-electron chi connectivity index (χ2n) is 5.20. The van der Waals surface area contributed by atoms with Crippen LogP contribution in [0.1, 0.15) is 44.7 Å². The molecule has 0 aliphatic heterocycles. The van der Waals surface area contributed by atoms with Gasteiger partial charge in [-0.15, -0.1) is 0 Å². The van der Waals surface area contributed by atoms with Crippen LogP contribution in [0, 0.1) is 12.7 Å². The molecule has 1 aromatic carbocycles. The second-order valence-corrected chi connectivity index (χ2v) is 5.20. The number of nitrogens with one attached hydrogen (secondary N) is 1. The smallest absolute Gasteiger partial charge is 0.123 e. The van der Waals surface area contributed by atoms with Crippen LogP contribution in [0.2, 0.25) is 0 Å². The summed E-state index contributed by atoms with van der Waals surface area (Å²) in [7, 11) is 0. The number of benzene rings is 1. The van der Waals surface area contributed by atoms with Gasteiger partial charge in [0, 0.05) is 6.61 Å². The Morgan fingerprint density at radius 3 is 2.45 bits per heavy atom. The molecular weight excluding hydrogens is 255 g/mol. The Hall–Kier alpha value is -0.970. The molecule has 0 saturated carbocycles. The van der Waals surface area contributed by atoms with Crippen LogP contribution in [0.3, 0.4) is 0 Å². The molecule has 4 heteroatoms. The number of hydrogen-bond donors (Lipinski definition) is 2. The maximum Gasteiger partial charge on any atom is 0.123 e. The molecule has 20 heavy (non-hydrogen) atoms. The zero-order valence-corrected chi connectivity index (χ0v) is 13.0. The molecule has 114 valence electrons. The standard InChI is InChI=1S/C16H27FN2O/c1-5-16(6-2,20-7-3)15(19-18)11-13-10-14(17)9-8-12(13)4/h8-10,15,19H,5-7,11,18H2,1-4H3. The summed E-state index contributed by atoms with van der Waals surface area (Å²) in [5.74, 6) is 5.54. The molecule has 3 nitrogen and oxygen atoms in total. The zero-order chi connectivity index (χ0) is 15.2. The summed E-state index contributed by atoms with van der Waals surface area (Å²) in [6.45, 7) is 8.82. The maximum atomic E-state index is 13.4. The van der Waals surface area contributed by atoms with E-state index in [0.717, 1.165) is 24.0 Å². The molecule has 1 rings (SSSR count). The van der Waals surface area contributed by atoms with Gasteiger partial charge in [-0.25, -0.2) is 4.39 Å². The summed E-state index contributed by atoms with van der Waals surface area (Å²) in [6, 6.07) is 4.83. The van der Waals surface area contributed by atoms with Gasteiger partial charge >= 0.3 is 0 Å². The van der Waals surface area contributed by atoms with Crippen molar-refractivity contribution < 1.29 is 9.13 Å². The minimum atomic E-state index is -0.317. The Balaban J connectivity index is 3.02. The van der Waals surface area contributed by atoms with E-state index in [-0.39, 0.29) is 17.5 Å². The highest BCUT2D eigenvalue weighted by Crippen LogP contribution is 2.28. The molecule has 0 amide bonds. The number of nitrogens with two attached hydrogens (primary N) is 1. The van der Waals surface area contributed by atoms with Gasteiger partial charge in [0.15, 0.2) is 0 Å². The van der Waals surface area contributed by atoms with Gasteiger partial charge in [0.1, 0.15) is 5.82 Å². The molecule has 1 unspecified atom stereocenters. The number of aryl methyl sites for hydroxylation is 1. The Bertz CT molecular complexity index is 419. The van der Waals surface area contributed by atoms with E-state index in [2.05, 4.69) is 19.3 Å². The van der Waals surface area contributed by atoms with Crippen LogP contribution < -0.4 is 11.3 Å². The summed E-state index contributed by atoms with van der Waals surface area (Å²) in [5, 5.41) is 0. The fourth-order valence-electron chi connectivity index (χ4n) is 2.81. The lowest BCUT2D eigenvalue weighted by atomic mass is 9.84. The van der Waals surface area contributed by atoms with E-state index in [1.54, 1.807) is 12.1 Å². The van der Waals surface area contributed by atoms with Gasteiger partial charge in [0.25, 0.3) is 0 Å². The Morgan fingerprint density at radius 1 is 1.30 bits per heavy atom. The minimum absolute atomic E-state index is 0.0436. The van der Waals surface area contributed by atoms with Crippen LogP contribution in [0.15, 0.2) is 18.2 Å². The topological polar surface area (TPSA) is 47.3 Å². The SMILES string of the molecule is CCOC(CC)(CC)C(Cc1cc(F)ccc1C)NN. The number of hydrogen-bond acceptors (Lipinski definition) is 3. The highest BCUT2D eigenvalue weighted by molar-refractivity contribution is 5.28. The van der Waals surface area contributed by atoms with Crippen LogP contribution in [-0.2, 0) is 11.2 Å². The molecule has 3 N–H and O–H groups in total. The molecule has 0 spiro atoms. The Kier molecular flexibility index (Phi) is 6.59. The van der Waals surface area contributed by atoms with Crippen molar-refractivity contribution >= 4 is 0 Å². The van der Waals surface area contributed by atoms with Gasteiger partial charge in [-0.05, 0) is 56.4 Å². The first-order valence-electron chi connectivity index (χ1n) is 7.38. The number of rotatable bonds is 8. The summed E-state index contributed by atoms with van der Waals surface area (Å²) in [5.41, 5.74) is 4.60. The highest BCUT2D eigenvalue weighted by Gasteiger charge is 2.36. The number of hydrazine groups is 1. The first-order chi connectivity index (χ1) is 9.52. The zero-order valence-electron chi connectivity index (χ0n) is 13.0. The summed E-state index contributed by atoms with van der Waals surface area (Å²) >= 11 is 0. The largest absolute Gasteiger partial charge is 0.374 e. The van der Waals surface area contributed by atoms with E-state index < -0.39 is 0 Å². The van der Waals surface area contributed by atoms with Crippen molar-refractivity contribution in [1.82, 2.24) is 5.43 Å². The van der Waals surface area contributed by atoms with Gasteiger partial charge in [-0.3, -0.25) is 11.3 Å². The van der Waals surface area contributed by atoms with Crippen molar-refractivity contribution in [2.75, 3.05) is 6.61 Å². The van der Waals surface area contributed by atoms with E-state index in [1.807, 2.05) is 13.8 Å². The molecular formula is C16H27FN2O. The van der Waals surface area contributed by atoms with Crippen LogP contribution in [-0.4, -0.2) is 18.2 Å². The molecule has 0 bridgehead atoms. The minimum Gasteiger partial charge on any atom is -0.374 e. The fourth-order valence-corrected chi connectivity index (χ4v) is 2.81. The second kappa shape index (κ2) is 7.72. The predicted molar refractivity (Wildman–Crippen MR) is 80.9 cm³/mol.